The third-order valence-electron chi connectivity index (χ3n) is 3.83. The van der Waals surface area contributed by atoms with Crippen LogP contribution in [0.15, 0.2) is 46.9 Å². The summed E-state index contributed by atoms with van der Waals surface area (Å²) in [5.41, 5.74) is 2.57. The summed E-state index contributed by atoms with van der Waals surface area (Å²) in [5, 5.41) is 1.04. The largest absolute Gasteiger partial charge is 0.494 e. The van der Waals surface area contributed by atoms with E-state index in [2.05, 4.69) is 20.9 Å². The highest BCUT2D eigenvalue weighted by Crippen LogP contribution is 2.35. The molecular weight excluding hydrogens is 382 g/mol. The van der Waals surface area contributed by atoms with Gasteiger partial charge in [0, 0.05) is 15.4 Å². The van der Waals surface area contributed by atoms with Crippen molar-refractivity contribution in [2.24, 2.45) is 0 Å². The molecule has 128 valence electrons. The van der Waals surface area contributed by atoms with E-state index in [1.165, 1.54) is 0 Å². The van der Waals surface area contributed by atoms with E-state index in [0.717, 1.165) is 32.4 Å². The fraction of sp³-hybridized carbons (Fsp3) is 0.150. The molecule has 1 aromatic heterocycles. The van der Waals surface area contributed by atoms with Crippen LogP contribution in [0.4, 0.5) is 0 Å². The Kier molecular flexibility index (Phi) is 5.24. The minimum absolute atomic E-state index is 0.671. The highest BCUT2D eigenvalue weighted by Gasteiger charge is 2.10. The Labute approximate surface area is 155 Å². The number of hydrogen-bond acceptors (Lipinski definition) is 4. The van der Waals surface area contributed by atoms with Gasteiger partial charge in [-0.05, 0) is 36.4 Å². The number of hydrogen-bond donors (Lipinski definition) is 0. The molecule has 0 fully saturated rings. The van der Waals surface area contributed by atoms with Crippen molar-refractivity contribution in [2.45, 2.75) is 0 Å². The van der Waals surface area contributed by atoms with E-state index in [9.17, 15) is 0 Å². The third kappa shape index (κ3) is 3.61. The topological polar surface area (TPSA) is 40.6 Å². The Hall–Kier alpha value is -2.53. The Morgan fingerprint density at radius 1 is 0.880 bits per heavy atom. The van der Waals surface area contributed by atoms with E-state index >= 15 is 0 Å². The van der Waals surface area contributed by atoms with Gasteiger partial charge in [0.05, 0.1) is 27.0 Å². The van der Waals surface area contributed by atoms with Crippen molar-refractivity contribution in [1.29, 1.82) is 0 Å². The molecule has 0 atom stereocenters. The number of aromatic nitrogens is 1. The van der Waals surface area contributed by atoms with Crippen LogP contribution >= 0.6 is 15.9 Å². The molecule has 0 radical (unpaired) electrons. The van der Waals surface area contributed by atoms with Crippen molar-refractivity contribution in [1.82, 2.24) is 4.98 Å². The normalized spacial score (nSPS) is 11.0. The van der Waals surface area contributed by atoms with Crippen LogP contribution in [0.25, 0.3) is 23.1 Å². The zero-order valence-electron chi connectivity index (χ0n) is 14.2. The van der Waals surface area contributed by atoms with Crippen LogP contribution in [-0.4, -0.2) is 26.3 Å². The monoisotopic (exact) mass is 399 g/mol. The maximum absolute atomic E-state index is 5.48. The average molecular weight is 400 g/mol. The van der Waals surface area contributed by atoms with Crippen LogP contribution in [-0.2, 0) is 0 Å². The second-order valence-electron chi connectivity index (χ2n) is 5.33. The smallest absolute Gasteiger partial charge is 0.167 e. The van der Waals surface area contributed by atoms with Crippen LogP contribution in [0.2, 0.25) is 0 Å². The zero-order valence-corrected chi connectivity index (χ0v) is 15.8. The number of nitrogens with zero attached hydrogens (tertiary/aromatic N) is 1. The molecule has 0 saturated carbocycles. The molecule has 0 aliphatic heterocycles. The van der Waals surface area contributed by atoms with Crippen LogP contribution in [0.5, 0.6) is 17.2 Å². The standard InChI is InChI=1S/C20H18BrNO3/c1-23-17-6-4-5-13-7-9-16(22-19(13)17)10-8-14-11-15(21)12-18(24-2)20(14)25-3/h4-12H,1-3H3/b10-8+. The Morgan fingerprint density at radius 2 is 1.68 bits per heavy atom. The molecule has 3 rings (SSSR count). The van der Waals surface area contributed by atoms with Gasteiger partial charge >= 0.3 is 0 Å². The van der Waals surface area contributed by atoms with Crippen molar-refractivity contribution in [3.63, 3.8) is 0 Å². The molecule has 2 aromatic carbocycles. The predicted molar refractivity (Wildman–Crippen MR) is 104 cm³/mol. The molecule has 4 nitrogen and oxygen atoms in total. The molecule has 25 heavy (non-hydrogen) atoms. The zero-order chi connectivity index (χ0) is 17.8. The molecule has 0 aliphatic rings. The van der Waals surface area contributed by atoms with Crippen LogP contribution in [0, 0.1) is 0 Å². The van der Waals surface area contributed by atoms with Gasteiger partial charge in [-0.3, -0.25) is 0 Å². The maximum Gasteiger partial charge on any atom is 0.167 e. The fourth-order valence-electron chi connectivity index (χ4n) is 2.65. The summed E-state index contributed by atoms with van der Waals surface area (Å²) < 4.78 is 17.2. The molecule has 0 spiro atoms. The summed E-state index contributed by atoms with van der Waals surface area (Å²) in [5.74, 6) is 2.11. The molecule has 0 unspecified atom stereocenters. The lowest BCUT2D eigenvalue weighted by molar-refractivity contribution is 0.354. The van der Waals surface area contributed by atoms with Crippen molar-refractivity contribution in [3.05, 3.63) is 58.2 Å². The maximum atomic E-state index is 5.48. The molecule has 0 saturated heterocycles. The van der Waals surface area contributed by atoms with Gasteiger partial charge in [-0.25, -0.2) is 4.98 Å². The van der Waals surface area contributed by atoms with Gasteiger partial charge in [0.1, 0.15) is 11.3 Å². The van der Waals surface area contributed by atoms with Gasteiger partial charge in [-0.1, -0.05) is 34.1 Å². The van der Waals surface area contributed by atoms with Crippen LogP contribution < -0.4 is 14.2 Å². The van der Waals surface area contributed by atoms with E-state index in [4.69, 9.17) is 14.2 Å². The second-order valence-corrected chi connectivity index (χ2v) is 6.25. The first-order valence-electron chi connectivity index (χ1n) is 7.69. The fourth-order valence-corrected chi connectivity index (χ4v) is 3.10. The summed E-state index contributed by atoms with van der Waals surface area (Å²) in [7, 11) is 4.90. The number of rotatable bonds is 5. The molecule has 5 heteroatoms. The number of pyridine rings is 1. The summed E-state index contributed by atoms with van der Waals surface area (Å²) >= 11 is 3.49. The molecule has 0 bridgehead atoms. The van der Waals surface area contributed by atoms with Gasteiger partial charge in [-0.15, -0.1) is 0 Å². The Bertz CT molecular complexity index is 938. The molecular formula is C20H18BrNO3. The SMILES string of the molecule is COc1cc(Br)cc(/C=C/c2ccc3cccc(OC)c3n2)c1OC. The first kappa shape index (κ1) is 17.3. The lowest BCUT2D eigenvalue weighted by Crippen LogP contribution is -1.93. The number of fused-ring (bicyclic) bond motifs is 1. The van der Waals surface area contributed by atoms with Crippen molar-refractivity contribution in [2.75, 3.05) is 21.3 Å². The van der Waals surface area contributed by atoms with Gasteiger partial charge in [0.15, 0.2) is 11.5 Å². The Morgan fingerprint density at radius 3 is 2.40 bits per heavy atom. The number of halogens is 1. The van der Waals surface area contributed by atoms with Crippen LogP contribution in [0.3, 0.4) is 0 Å². The van der Waals surface area contributed by atoms with Gasteiger partial charge < -0.3 is 14.2 Å². The molecule has 0 amide bonds. The first-order chi connectivity index (χ1) is 12.2. The molecule has 1 heterocycles. The first-order valence-corrected chi connectivity index (χ1v) is 8.49. The van der Waals surface area contributed by atoms with Gasteiger partial charge in [0.25, 0.3) is 0 Å². The summed E-state index contributed by atoms with van der Waals surface area (Å²) in [6.07, 6.45) is 3.89. The van der Waals surface area contributed by atoms with Crippen molar-refractivity contribution < 1.29 is 14.2 Å². The van der Waals surface area contributed by atoms with Crippen molar-refractivity contribution >= 4 is 39.0 Å². The molecule has 0 N–H and O–H groups in total. The van der Waals surface area contributed by atoms with E-state index in [1.807, 2.05) is 54.6 Å². The summed E-state index contributed by atoms with van der Waals surface area (Å²) in [6, 6.07) is 13.7. The number of ether oxygens (including phenoxy) is 3. The van der Waals surface area contributed by atoms with Gasteiger partial charge in [0.2, 0.25) is 0 Å². The minimum atomic E-state index is 0.671. The van der Waals surface area contributed by atoms with E-state index in [1.54, 1.807) is 21.3 Å². The third-order valence-corrected chi connectivity index (χ3v) is 4.29. The minimum Gasteiger partial charge on any atom is -0.494 e. The van der Waals surface area contributed by atoms with E-state index in [0.29, 0.717) is 11.5 Å². The molecule has 3 aromatic rings. The lowest BCUT2D eigenvalue weighted by atomic mass is 10.1. The Balaban J connectivity index is 2.02. The lowest BCUT2D eigenvalue weighted by Gasteiger charge is -2.11. The van der Waals surface area contributed by atoms with E-state index < -0.39 is 0 Å². The second kappa shape index (κ2) is 7.57. The number of benzene rings is 2. The highest BCUT2D eigenvalue weighted by molar-refractivity contribution is 9.10. The van der Waals surface area contributed by atoms with Crippen molar-refractivity contribution in [3.8, 4) is 17.2 Å². The number of methoxy groups -OCH3 is 3. The van der Waals surface area contributed by atoms with E-state index in [-0.39, 0.29) is 0 Å². The quantitative estimate of drug-likeness (QED) is 0.591. The highest BCUT2D eigenvalue weighted by atomic mass is 79.9. The van der Waals surface area contributed by atoms with Gasteiger partial charge in [-0.2, -0.15) is 0 Å². The average Bonchev–Trinajstić information content (AvgIpc) is 2.65. The molecule has 0 aliphatic carbocycles. The van der Waals surface area contributed by atoms with Crippen LogP contribution in [0.1, 0.15) is 11.3 Å². The summed E-state index contributed by atoms with van der Waals surface area (Å²) in [4.78, 5) is 4.69. The summed E-state index contributed by atoms with van der Waals surface area (Å²) in [6.45, 7) is 0. The predicted octanol–water partition coefficient (Wildman–Crippen LogP) is 5.19. The number of para-hydroxylation sites is 1.